The second kappa shape index (κ2) is 7.07. The quantitative estimate of drug-likeness (QED) is 0.899. The highest BCUT2D eigenvalue weighted by Crippen LogP contribution is 2.30. The van der Waals surface area contributed by atoms with Crippen molar-refractivity contribution in [2.24, 2.45) is 9.98 Å². The van der Waals surface area contributed by atoms with E-state index in [1.54, 1.807) is 18.2 Å². The van der Waals surface area contributed by atoms with Gasteiger partial charge in [0.2, 0.25) is 11.9 Å². The first-order valence-electron chi connectivity index (χ1n) is 7.87. The molecule has 0 saturated heterocycles. The topological polar surface area (TPSA) is 71.2 Å². The molecule has 2 aromatic carbocycles. The van der Waals surface area contributed by atoms with E-state index in [0.717, 1.165) is 5.56 Å². The second-order valence-electron chi connectivity index (χ2n) is 5.86. The van der Waals surface area contributed by atoms with Crippen LogP contribution in [0.25, 0.3) is 0 Å². The Bertz CT molecular complexity index is 860. The van der Waals surface area contributed by atoms with Crippen molar-refractivity contribution in [3.05, 3.63) is 64.7 Å². The van der Waals surface area contributed by atoms with Crippen LogP contribution >= 0.6 is 11.6 Å². The third-order valence-corrected chi connectivity index (χ3v) is 3.81. The van der Waals surface area contributed by atoms with Crippen LogP contribution in [0.4, 0.5) is 5.69 Å². The van der Waals surface area contributed by atoms with Crippen LogP contribution in [0.3, 0.4) is 0 Å². The van der Waals surface area contributed by atoms with Gasteiger partial charge in [-0.25, -0.2) is 9.79 Å². The number of hydrogen-bond acceptors (Lipinski definition) is 4. The van der Waals surface area contributed by atoms with Gasteiger partial charge < -0.3 is 9.84 Å². The number of carboxylic acids is 1. The SMILES string of the molecule is CC(C)OC1=Nc2ccc(Cl)cc2C(c2ccccc2)=NC1C(=O)O. The first-order valence-corrected chi connectivity index (χ1v) is 8.24. The number of aliphatic imine (C=N–C) groups is 2. The van der Waals surface area contributed by atoms with Crippen LogP contribution in [-0.2, 0) is 9.53 Å². The highest BCUT2D eigenvalue weighted by atomic mass is 35.5. The van der Waals surface area contributed by atoms with E-state index in [9.17, 15) is 9.90 Å². The van der Waals surface area contributed by atoms with Gasteiger partial charge in [-0.05, 0) is 32.0 Å². The molecule has 3 rings (SSSR count). The Hall–Kier alpha value is -2.66. The van der Waals surface area contributed by atoms with Crippen LogP contribution in [0.5, 0.6) is 0 Å². The molecular weight excluding hydrogens is 340 g/mol. The van der Waals surface area contributed by atoms with Gasteiger partial charge in [0.05, 0.1) is 17.5 Å². The van der Waals surface area contributed by atoms with E-state index in [-0.39, 0.29) is 12.0 Å². The minimum absolute atomic E-state index is 0.0667. The largest absolute Gasteiger partial charge is 0.479 e. The maximum absolute atomic E-state index is 11.8. The Morgan fingerprint density at radius 3 is 2.56 bits per heavy atom. The van der Waals surface area contributed by atoms with Crippen LogP contribution in [0.1, 0.15) is 25.0 Å². The molecule has 0 fully saturated rings. The lowest BCUT2D eigenvalue weighted by atomic mass is 10.0. The Kier molecular flexibility index (Phi) is 4.86. The summed E-state index contributed by atoms with van der Waals surface area (Å²) < 4.78 is 5.65. The number of hydrogen-bond donors (Lipinski definition) is 1. The number of nitrogens with zero attached hydrogens (tertiary/aromatic N) is 2. The molecule has 128 valence electrons. The van der Waals surface area contributed by atoms with Gasteiger partial charge in [0.1, 0.15) is 0 Å². The molecular formula is C19H17ClN2O3. The fraction of sp³-hybridized carbons (Fsp3) is 0.211. The molecule has 25 heavy (non-hydrogen) atoms. The molecule has 6 heteroatoms. The molecule has 0 aromatic heterocycles. The molecule has 5 nitrogen and oxygen atoms in total. The summed E-state index contributed by atoms with van der Waals surface area (Å²) in [6.07, 6.45) is -0.218. The van der Waals surface area contributed by atoms with Crippen LogP contribution in [-0.4, -0.2) is 34.8 Å². The van der Waals surface area contributed by atoms with Crippen LogP contribution < -0.4 is 0 Å². The van der Waals surface area contributed by atoms with Gasteiger partial charge in [-0.2, -0.15) is 0 Å². The zero-order valence-corrected chi connectivity index (χ0v) is 14.6. The summed E-state index contributed by atoms with van der Waals surface area (Å²) in [7, 11) is 0. The third kappa shape index (κ3) is 3.72. The summed E-state index contributed by atoms with van der Waals surface area (Å²) in [5.41, 5.74) is 2.56. The van der Waals surface area contributed by atoms with Gasteiger partial charge in [0.15, 0.2) is 0 Å². The molecule has 0 bridgehead atoms. The maximum Gasteiger partial charge on any atom is 0.338 e. The number of rotatable bonds is 3. The van der Waals surface area contributed by atoms with Gasteiger partial charge in [-0.3, -0.25) is 4.99 Å². The van der Waals surface area contributed by atoms with Crippen molar-refractivity contribution in [2.75, 3.05) is 0 Å². The highest BCUT2D eigenvalue weighted by molar-refractivity contribution is 6.31. The summed E-state index contributed by atoms with van der Waals surface area (Å²) in [6.45, 7) is 3.63. The zero-order chi connectivity index (χ0) is 18.0. The average molecular weight is 357 g/mol. The van der Waals surface area contributed by atoms with E-state index in [0.29, 0.717) is 22.0 Å². The Morgan fingerprint density at radius 2 is 1.92 bits per heavy atom. The lowest BCUT2D eigenvalue weighted by molar-refractivity contribution is -0.137. The number of benzene rings is 2. The molecule has 0 radical (unpaired) electrons. The fourth-order valence-corrected chi connectivity index (χ4v) is 2.72. The Labute approximate surface area is 150 Å². The summed E-state index contributed by atoms with van der Waals surface area (Å²) in [4.78, 5) is 20.7. The van der Waals surface area contributed by atoms with Gasteiger partial charge >= 0.3 is 5.97 Å². The van der Waals surface area contributed by atoms with E-state index in [2.05, 4.69) is 9.98 Å². The van der Waals surface area contributed by atoms with Crippen molar-refractivity contribution in [3.8, 4) is 0 Å². The number of carbonyl (C=O) groups is 1. The minimum Gasteiger partial charge on any atom is -0.479 e. The molecule has 2 aromatic rings. The van der Waals surface area contributed by atoms with E-state index in [1.165, 1.54) is 0 Å². The molecule has 0 saturated carbocycles. The van der Waals surface area contributed by atoms with E-state index < -0.39 is 12.0 Å². The predicted molar refractivity (Wildman–Crippen MR) is 98.3 cm³/mol. The molecule has 1 aliphatic rings. The number of ether oxygens (including phenoxy) is 1. The van der Waals surface area contributed by atoms with Crippen molar-refractivity contribution in [1.82, 2.24) is 0 Å². The molecule has 1 aliphatic heterocycles. The first kappa shape index (κ1) is 17.2. The fourth-order valence-electron chi connectivity index (χ4n) is 2.55. The monoisotopic (exact) mass is 356 g/mol. The van der Waals surface area contributed by atoms with E-state index in [1.807, 2.05) is 44.2 Å². The molecule has 1 unspecified atom stereocenters. The Morgan fingerprint density at radius 1 is 1.20 bits per heavy atom. The van der Waals surface area contributed by atoms with Gasteiger partial charge in [-0.1, -0.05) is 41.9 Å². The normalized spacial score (nSPS) is 16.6. The molecule has 1 atom stereocenters. The van der Waals surface area contributed by atoms with Crippen molar-refractivity contribution in [3.63, 3.8) is 0 Å². The van der Waals surface area contributed by atoms with Gasteiger partial charge in [0.25, 0.3) is 0 Å². The van der Waals surface area contributed by atoms with E-state index in [4.69, 9.17) is 16.3 Å². The lowest BCUT2D eigenvalue weighted by Crippen LogP contribution is -2.32. The van der Waals surface area contributed by atoms with Crippen LogP contribution in [0.15, 0.2) is 58.5 Å². The molecule has 1 heterocycles. The van der Waals surface area contributed by atoms with Crippen LogP contribution in [0.2, 0.25) is 5.02 Å². The average Bonchev–Trinajstić information content (AvgIpc) is 2.72. The molecule has 0 aliphatic carbocycles. The van der Waals surface area contributed by atoms with Gasteiger partial charge in [-0.15, -0.1) is 0 Å². The van der Waals surface area contributed by atoms with Crippen molar-refractivity contribution in [1.29, 1.82) is 0 Å². The number of halogens is 1. The van der Waals surface area contributed by atoms with Crippen LogP contribution in [0, 0.1) is 0 Å². The smallest absolute Gasteiger partial charge is 0.338 e. The molecule has 0 amide bonds. The van der Waals surface area contributed by atoms with Crippen molar-refractivity contribution < 1.29 is 14.6 Å². The highest BCUT2D eigenvalue weighted by Gasteiger charge is 2.30. The minimum atomic E-state index is -1.22. The number of carboxylic acid groups (broad SMARTS) is 1. The molecule has 0 spiro atoms. The van der Waals surface area contributed by atoms with Crippen molar-refractivity contribution >= 4 is 34.9 Å². The van der Waals surface area contributed by atoms with E-state index >= 15 is 0 Å². The zero-order valence-electron chi connectivity index (χ0n) is 13.8. The van der Waals surface area contributed by atoms with Gasteiger partial charge in [0, 0.05) is 16.1 Å². The predicted octanol–water partition coefficient (Wildman–Crippen LogP) is 4.10. The summed E-state index contributed by atoms with van der Waals surface area (Å²) in [5.74, 6) is -1.05. The lowest BCUT2D eigenvalue weighted by Gasteiger charge is -2.15. The Balaban J connectivity index is 2.25. The molecule has 1 N–H and O–H groups in total. The third-order valence-electron chi connectivity index (χ3n) is 3.57. The number of fused-ring (bicyclic) bond motifs is 1. The summed E-state index contributed by atoms with van der Waals surface area (Å²) in [5, 5.41) is 10.2. The second-order valence-corrected chi connectivity index (χ2v) is 6.30. The first-order chi connectivity index (χ1) is 12.0. The van der Waals surface area contributed by atoms with Crippen molar-refractivity contribution in [2.45, 2.75) is 26.0 Å². The maximum atomic E-state index is 11.8. The standard InChI is InChI=1S/C19H17ClN2O3/c1-11(2)25-18-17(19(23)24)22-16(12-6-4-3-5-7-12)14-10-13(20)8-9-15(14)21-18/h3-11,17H,1-2H3,(H,23,24). The summed E-state index contributed by atoms with van der Waals surface area (Å²) in [6, 6.07) is 13.3. The summed E-state index contributed by atoms with van der Waals surface area (Å²) >= 11 is 6.15. The number of aliphatic carboxylic acids is 1.